The molecule has 1 aromatic rings. The summed E-state index contributed by atoms with van der Waals surface area (Å²) in [6, 6.07) is 3.24. The molecular weight excluding hydrogens is 282 g/mol. The number of nitrogens with zero attached hydrogens (tertiary/aromatic N) is 2. The molecule has 1 aromatic heterocycles. The number of carbonyl (C=O) groups is 2. The molecule has 0 unspecified atom stereocenters. The quantitative estimate of drug-likeness (QED) is 0.881. The van der Waals surface area contributed by atoms with Crippen molar-refractivity contribution in [2.45, 2.75) is 12.8 Å². The van der Waals surface area contributed by atoms with E-state index < -0.39 is 5.97 Å². The molecule has 0 aromatic carbocycles. The SMILES string of the molecule is CNC(=O)C1CCN(c2ccc(Cl)c(C(=O)O)n2)CC1. The lowest BCUT2D eigenvalue weighted by Crippen LogP contribution is -2.40. The normalized spacial score (nSPS) is 16.0. The van der Waals surface area contributed by atoms with Gasteiger partial charge in [0, 0.05) is 26.1 Å². The molecule has 20 heavy (non-hydrogen) atoms. The van der Waals surface area contributed by atoms with E-state index in [1.807, 2.05) is 4.90 Å². The summed E-state index contributed by atoms with van der Waals surface area (Å²) in [5.41, 5.74) is -0.141. The number of hydrogen-bond donors (Lipinski definition) is 2. The van der Waals surface area contributed by atoms with Crippen molar-refractivity contribution in [1.82, 2.24) is 10.3 Å². The third-order valence-electron chi connectivity index (χ3n) is 3.47. The van der Waals surface area contributed by atoms with Gasteiger partial charge in [-0.1, -0.05) is 11.6 Å². The fourth-order valence-electron chi connectivity index (χ4n) is 2.33. The van der Waals surface area contributed by atoms with Crippen LogP contribution in [0.1, 0.15) is 23.3 Å². The predicted molar refractivity (Wildman–Crippen MR) is 75.2 cm³/mol. The van der Waals surface area contributed by atoms with Gasteiger partial charge in [-0.2, -0.15) is 0 Å². The molecule has 0 atom stereocenters. The van der Waals surface area contributed by atoms with Gasteiger partial charge < -0.3 is 15.3 Å². The maximum atomic E-state index is 11.6. The smallest absolute Gasteiger partial charge is 0.356 e. The van der Waals surface area contributed by atoms with Crippen LogP contribution < -0.4 is 10.2 Å². The Morgan fingerprint density at radius 2 is 2.05 bits per heavy atom. The summed E-state index contributed by atoms with van der Waals surface area (Å²) in [4.78, 5) is 28.6. The van der Waals surface area contributed by atoms with E-state index in [-0.39, 0.29) is 22.5 Å². The average molecular weight is 298 g/mol. The number of hydrogen-bond acceptors (Lipinski definition) is 4. The topological polar surface area (TPSA) is 82.5 Å². The molecule has 1 saturated heterocycles. The van der Waals surface area contributed by atoms with Gasteiger partial charge in [0.25, 0.3) is 0 Å². The molecular formula is C13H16ClN3O3. The van der Waals surface area contributed by atoms with Crippen LogP contribution in [0, 0.1) is 5.92 Å². The Kier molecular flexibility index (Phi) is 4.44. The maximum Gasteiger partial charge on any atom is 0.356 e. The van der Waals surface area contributed by atoms with Gasteiger partial charge in [-0.25, -0.2) is 9.78 Å². The Bertz CT molecular complexity index is 528. The number of anilines is 1. The number of carboxylic acid groups (broad SMARTS) is 1. The van der Waals surface area contributed by atoms with Crippen molar-refractivity contribution in [3.8, 4) is 0 Å². The predicted octanol–water partition coefficient (Wildman–Crippen LogP) is 1.40. The zero-order chi connectivity index (χ0) is 14.7. The minimum Gasteiger partial charge on any atom is -0.476 e. The Morgan fingerprint density at radius 1 is 1.40 bits per heavy atom. The summed E-state index contributed by atoms with van der Waals surface area (Å²) >= 11 is 5.80. The highest BCUT2D eigenvalue weighted by molar-refractivity contribution is 6.33. The summed E-state index contributed by atoms with van der Waals surface area (Å²) in [6.07, 6.45) is 1.46. The number of rotatable bonds is 3. The molecule has 0 bridgehead atoms. The highest BCUT2D eigenvalue weighted by Gasteiger charge is 2.25. The van der Waals surface area contributed by atoms with E-state index in [0.717, 1.165) is 12.8 Å². The molecule has 0 aliphatic carbocycles. The van der Waals surface area contributed by atoms with Crippen LogP contribution in [0.5, 0.6) is 0 Å². The van der Waals surface area contributed by atoms with Crippen LogP contribution in [-0.4, -0.2) is 42.1 Å². The number of carboxylic acids is 1. The van der Waals surface area contributed by atoms with E-state index in [2.05, 4.69) is 10.3 Å². The van der Waals surface area contributed by atoms with E-state index in [4.69, 9.17) is 16.7 Å². The Balaban J connectivity index is 2.09. The van der Waals surface area contributed by atoms with Crippen LogP contribution in [0.3, 0.4) is 0 Å². The molecule has 1 aliphatic heterocycles. The molecule has 1 aliphatic rings. The lowest BCUT2D eigenvalue weighted by molar-refractivity contribution is -0.125. The number of aromatic nitrogens is 1. The highest BCUT2D eigenvalue weighted by Crippen LogP contribution is 2.24. The monoisotopic (exact) mass is 297 g/mol. The van der Waals surface area contributed by atoms with Crippen LogP contribution in [0.4, 0.5) is 5.82 Å². The molecule has 0 saturated carbocycles. The zero-order valence-electron chi connectivity index (χ0n) is 11.1. The minimum atomic E-state index is -1.14. The molecule has 6 nitrogen and oxygen atoms in total. The van der Waals surface area contributed by atoms with Crippen molar-refractivity contribution in [3.05, 3.63) is 22.8 Å². The number of piperidine rings is 1. The molecule has 0 radical (unpaired) electrons. The molecule has 1 fully saturated rings. The first kappa shape index (κ1) is 14.6. The van der Waals surface area contributed by atoms with Crippen molar-refractivity contribution in [2.24, 2.45) is 5.92 Å². The van der Waals surface area contributed by atoms with Crippen molar-refractivity contribution < 1.29 is 14.7 Å². The van der Waals surface area contributed by atoms with E-state index in [9.17, 15) is 9.59 Å². The minimum absolute atomic E-state index is 0.0162. The molecule has 7 heteroatoms. The lowest BCUT2D eigenvalue weighted by Gasteiger charge is -2.32. The second kappa shape index (κ2) is 6.09. The van der Waals surface area contributed by atoms with Crippen molar-refractivity contribution >= 4 is 29.3 Å². The summed E-state index contributed by atoms with van der Waals surface area (Å²) in [5.74, 6) is -0.485. The second-order valence-electron chi connectivity index (χ2n) is 4.68. The van der Waals surface area contributed by atoms with Gasteiger partial charge in [0.1, 0.15) is 5.82 Å². The van der Waals surface area contributed by atoms with Gasteiger partial charge in [0.2, 0.25) is 5.91 Å². The van der Waals surface area contributed by atoms with E-state index in [1.54, 1.807) is 13.1 Å². The Hall–Kier alpha value is -1.82. The number of amides is 1. The summed E-state index contributed by atoms with van der Waals surface area (Å²) < 4.78 is 0. The van der Waals surface area contributed by atoms with Gasteiger partial charge in [-0.15, -0.1) is 0 Å². The van der Waals surface area contributed by atoms with Gasteiger partial charge in [0.05, 0.1) is 5.02 Å². The third kappa shape index (κ3) is 3.01. The van der Waals surface area contributed by atoms with Gasteiger partial charge in [0.15, 0.2) is 5.69 Å². The zero-order valence-corrected chi connectivity index (χ0v) is 11.9. The van der Waals surface area contributed by atoms with Crippen LogP contribution in [0.15, 0.2) is 12.1 Å². The summed E-state index contributed by atoms with van der Waals surface area (Å²) in [6.45, 7) is 1.34. The van der Waals surface area contributed by atoms with Crippen molar-refractivity contribution in [2.75, 3.05) is 25.0 Å². The third-order valence-corrected chi connectivity index (χ3v) is 3.78. The largest absolute Gasteiger partial charge is 0.476 e. The van der Waals surface area contributed by atoms with Crippen LogP contribution >= 0.6 is 11.6 Å². The van der Waals surface area contributed by atoms with Gasteiger partial charge >= 0.3 is 5.97 Å². The summed E-state index contributed by atoms with van der Waals surface area (Å²) in [5, 5.41) is 11.8. The molecule has 2 N–H and O–H groups in total. The van der Waals surface area contributed by atoms with Crippen molar-refractivity contribution in [3.63, 3.8) is 0 Å². The highest BCUT2D eigenvalue weighted by atomic mass is 35.5. The molecule has 108 valence electrons. The Morgan fingerprint density at radius 3 is 2.60 bits per heavy atom. The molecule has 2 heterocycles. The van der Waals surface area contributed by atoms with E-state index >= 15 is 0 Å². The van der Waals surface area contributed by atoms with E-state index in [0.29, 0.717) is 18.9 Å². The second-order valence-corrected chi connectivity index (χ2v) is 5.09. The first-order chi connectivity index (χ1) is 9.52. The summed E-state index contributed by atoms with van der Waals surface area (Å²) in [7, 11) is 1.63. The lowest BCUT2D eigenvalue weighted by atomic mass is 9.96. The number of halogens is 1. The standard InChI is InChI=1S/C13H16ClN3O3/c1-15-12(18)8-4-6-17(7-5-8)10-3-2-9(14)11(16-10)13(19)20/h2-3,8H,4-7H2,1H3,(H,15,18)(H,19,20). The molecule has 1 amide bonds. The number of aromatic carboxylic acids is 1. The molecule has 0 spiro atoms. The first-order valence-corrected chi connectivity index (χ1v) is 6.77. The van der Waals surface area contributed by atoms with Gasteiger partial charge in [-0.3, -0.25) is 4.79 Å². The molecule has 2 rings (SSSR count). The number of pyridine rings is 1. The van der Waals surface area contributed by atoms with Crippen LogP contribution in [0.2, 0.25) is 5.02 Å². The van der Waals surface area contributed by atoms with E-state index in [1.165, 1.54) is 6.07 Å². The maximum absolute atomic E-state index is 11.6. The fourth-order valence-corrected chi connectivity index (χ4v) is 2.52. The van der Waals surface area contributed by atoms with Crippen molar-refractivity contribution in [1.29, 1.82) is 0 Å². The van der Waals surface area contributed by atoms with Gasteiger partial charge in [-0.05, 0) is 25.0 Å². The number of nitrogens with one attached hydrogen (secondary N) is 1. The fraction of sp³-hybridized carbons (Fsp3) is 0.462. The van der Waals surface area contributed by atoms with Crippen LogP contribution in [0.25, 0.3) is 0 Å². The Labute approximate surface area is 121 Å². The number of carbonyl (C=O) groups excluding carboxylic acids is 1. The first-order valence-electron chi connectivity index (χ1n) is 6.39. The van der Waals surface area contributed by atoms with Crippen LogP contribution in [-0.2, 0) is 4.79 Å². The average Bonchev–Trinajstić information content (AvgIpc) is 2.47.